The van der Waals surface area contributed by atoms with E-state index in [0.717, 1.165) is 21.8 Å². The van der Waals surface area contributed by atoms with Gasteiger partial charge in [-0.2, -0.15) is 0 Å². The van der Waals surface area contributed by atoms with Crippen molar-refractivity contribution >= 4 is 45.3 Å². The van der Waals surface area contributed by atoms with E-state index in [1.54, 1.807) is 30.5 Å². The van der Waals surface area contributed by atoms with Crippen LogP contribution in [0.25, 0.3) is 21.8 Å². The van der Waals surface area contributed by atoms with Crippen molar-refractivity contribution in [2.75, 3.05) is 14.2 Å². The largest absolute Gasteiger partial charge is 0.465 e. The Morgan fingerprint density at radius 3 is 1.88 bits per heavy atom. The zero-order chi connectivity index (χ0) is 22.7. The highest BCUT2D eigenvalue weighted by atomic mass is 35.5. The van der Waals surface area contributed by atoms with Crippen molar-refractivity contribution in [1.82, 2.24) is 9.97 Å². The molecule has 32 heavy (non-hydrogen) atoms. The molecule has 162 valence electrons. The third-order valence-corrected chi connectivity index (χ3v) is 5.47. The summed E-state index contributed by atoms with van der Waals surface area (Å²) in [7, 11) is 2.72. The summed E-state index contributed by atoms with van der Waals surface area (Å²) in [4.78, 5) is 31.1. The van der Waals surface area contributed by atoms with E-state index in [4.69, 9.17) is 16.3 Å². The summed E-state index contributed by atoms with van der Waals surface area (Å²) in [5.41, 5.74) is 4.00. The number of carbonyl (C=O) groups excluding carboxylic acids is 2. The summed E-state index contributed by atoms with van der Waals surface area (Å²) in [6.45, 7) is 0. The van der Waals surface area contributed by atoms with Crippen molar-refractivity contribution in [3.05, 3.63) is 82.6 Å². The Labute approximate surface area is 190 Å². The lowest BCUT2D eigenvalue weighted by Gasteiger charge is -2.03. The van der Waals surface area contributed by atoms with Gasteiger partial charge in [0.1, 0.15) is 0 Å². The molecule has 0 unspecified atom stereocenters. The predicted molar refractivity (Wildman–Crippen MR) is 123 cm³/mol. The Hall–Kier alpha value is -3.51. The molecule has 7 heteroatoms. The zero-order valence-electron chi connectivity index (χ0n) is 17.7. The lowest BCUT2D eigenvalue weighted by Crippen LogP contribution is -2.01. The Balaban J connectivity index is 0.000000155. The van der Waals surface area contributed by atoms with E-state index >= 15 is 0 Å². The first-order chi connectivity index (χ1) is 15.5. The van der Waals surface area contributed by atoms with Crippen LogP contribution in [-0.2, 0) is 9.47 Å². The number of hydrogen-bond acceptors (Lipinski definition) is 6. The molecule has 0 bridgehead atoms. The maximum Gasteiger partial charge on any atom is 0.339 e. The first-order valence-electron chi connectivity index (χ1n) is 10.1. The summed E-state index contributed by atoms with van der Waals surface area (Å²) in [6.07, 6.45) is 5.60. The molecule has 0 atom stereocenters. The van der Waals surface area contributed by atoms with Gasteiger partial charge in [0.15, 0.2) is 0 Å². The highest BCUT2D eigenvalue weighted by molar-refractivity contribution is 6.31. The highest BCUT2D eigenvalue weighted by Crippen LogP contribution is 2.40. The zero-order valence-corrected chi connectivity index (χ0v) is 18.4. The summed E-state index contributed by atoms with van der Waals surface area (Å²) >= 11 is 5.84. The average Bonchev–Trinajstić information content (AvgIpc) is 3.68. The lowest BCUT2D eigenvalue weighted by molar-refractivity contribution is 0.0591. The molecule has 0 radical (unpaired) electrons. The predicted octanol–water partition coefficient (Wildman–Crippen LogP) is 5.57. The number of esters is 2. The molecule has 6 nitrogen and oxygen atoms in total. The van der Waals surface area contributed by atoms with Crippen LogP contribution in [0.3, 0.4) is 0 Å². The summed E-state index contributed by atoms with van der Waals surface area (Å²) in [6, 6.07) is 15.2. The van der Waals surface area contributed by atoms with Crippen molar-refractivity contribution in [2.45, 2.75) is 18.8 Å². The number of benzene rings is 2. The molecule has 0 spiro atoms. The number of aromatic nitrogens is 2. The van der Waals surface area contributed by atoms with Crippen LogP contribution < -0.4 is 0 Å². The first kappa shape index (κ1) is 21.7. The van der Waals surface area contributed by atoms with Crippen molar-refractivity contribution < 1.29 is 19.1 Å². The molecule has 1 fully saturated rings. The van der Waals surface area contributed by atoms with Crippen molar-refractivity contribution in [3.63, 3.8) is 0 Å². The third kappa shape index (κ3) is 4.86. The molecular formula is C25H21ClN2O4. The molecular weight excluding hydrogens is 428 g/mol. The molecule has 2 aromatic carbocycles. The Morgan fingerprint density at radius 2 is 1.34 bits per heavy atom. The van der Waals surface area contributed by atoms with E-state index < -0.39 is 5.97 Å². The second kappa shape index (κ2) is 9.32. The van der Waals surface area contributed by atoms with Crippen LogP contribution in [0.15, 0.2) is 60.9 Å². The minimum Gasteiger partial charge on any atom is -0.465 e. The molecule has 0 saturated heterocycles. The Bertz CT molecular complexity index is 1320. The van der Waals surface area contributed by atoms with Gasteiger partial charge < -0.3 is 9.47 Å². The van der Waals surface area contributed by atoms with Gasteiger partial charge in [-0.3, -0.25) is 9.97 Å². The van der Waals surface area contributed by atoms with Crippen molar-refractivity contribution in [1.29, 1.82) is 0 Å². The number of hydrogen-bond donors (Lipinski definition) is 0. The van der Waals surface area contributed by atoms with Gasteiger partial charge in [-0.05, 0) is 66.8 Å². The van der Waals surface area contributed by atoms with Crippen molar-refractivity contribution in [3.8, 4) is 0 Å². The highest BCUT2D eigenvalue weighted by Gasteiger charge is 2.23. The summed E-state index contributed by atoms with van der Waals surface area (Å²) in [5.74, 6) is -0.0261. The molecule has 0 N–H and O–H groups in total. The van der Waals surface area contributed by atoms with Gasteiger partial charge in [0.25, 0.3) is 0 Å². The molecule has 2 aromatic heterocycles. The fourth-order valence-corrected chi connectivity index (χ4v) is 3.56. The Morgan fingerprint density at radius 1 is 0.812 bits per heavy atom. The maximum absolute atomic E-state index is 11.4. The number of rotatable bonds is 3. The third-order valence-electron chi connectivity index (χ3n) is 5.24. The van der Waals surface area contributed by atoms with Gasteiger partial charge in [0.05, 0.1) is 36.4 Å². The van der Waals surface area contributed by atoms with Crippen LogP contribution in [0.1, 0.15) is 45.0 Å². The number of pyridine rings is 2. The van der Waals surface area contributed by atoms with Crippen LogP contribution in [0.4, 0.5) is 0 Å². The standard InChI is InChI=1S/C14H13NO2.C11H8ClNO2/c1-17-14(16)12-7-11-6-10(9-2-3-9)4-5-13(11)15-8-12;1-15-11(14)8-4-7-5-9(12)2-3-10(7)13-6-8/h4-9H,2-3H2,1H3;2-6H,1H3. The van der Waals surface area contributed by atoms with E-state index in [9.17, 15) is 9.59 Å². The van der Waals surface area contributed by atoms with Crippen LogP contribution in [-0.4, -0.2) is 36.1 Å². The van der Waals surface area contributed by atoms with Crippen molar-refractivity contribution in [2.24, 2.45) is 0 Å². The lowest BCUT2D eigenvalue weighted by atomic mass is 10.1. The van der Waals surface area contributed by atoms with Crippen LogP contribution in [0, 0.1) is 0 Å². The molecule has 5 rings (SSSR count). The number of methoxy groups -OCH3 is 2. The normalized spacial score (nSPS) is 12.7. The minimum absolute atomic E-state index is 0.337. The smallest absolute Gasteiger partial charge is 0.339 e. The van der Waals surface area contributed by atoms with Crippen LogP contribution in [0.5, 0.6) is 0 Å². The van der Waals surface area contributed by atoms with Gasteiger partial charge in [-0.25, -0.2) is 9.59 Å². The molecule has 2 heterocycles. The number of fused-ring (bicyclic) bond motifs is 2. The number of carbonyl (C=O) groups is 2. The van der Waals surface area contributed by atoms with Crippen LogP contribution in [0.2, 0.25) is 5.02 Å². The summed E-state index contributed by atoms with van der Waals surface area (Å²) < 4.78 is 9.30. The molecule has 0 amide bonds. The molecule has 1 aliphatic rings. The second-order valence-electron chi connectivity index (χ2n) is 7.49. The van der Waals surface area contributed by atoms with Gasteiger partial charge in [-0.1, -0.05) is 17.7 Å². The fraction of sp³-hybridized carbons (Fsp3) is 0.200. The molecule has 1 saturated carbocycles. The van der Waals surface area contributed by atoms with E-state index in [2.05, 4.69) is 26.8 Å². The Kier molecular flexibility index (Phi) is 6.32. The SMILES string of the molecule is COC(=O)c1cnc2ccc(C3CC3)cc2c1.COC(=O)c1cnc2ccc(Cl)cc2c1. The van der Waals surface area contributed by atoms with E-state index in [1.165, 1.54) is 38.8 Å². The second-order valence-corrected chi connectivity index (χ2v) is 7.93. The quantitative estimate of drug-likeness (QED) is 0.381. The first-order valence-corrected chi connectivity index (χ1v) is 10.5. The van der Waals surface area contributed by atoms with Gasteiger partial charge in [0, 0.05) is 28.2 Å². The van der Waals surface area contributed by atoms with E-state index in [1.807, 2.05) is 12.1 Å². The monoisotopic (exact) mass is 448 g/mol. The van der Waals surface area contributed by atoms with E-state index in [-0.39, 0.29) is 5.97 Å². The van der Waals surface area contributed by atoms with Crippen LogP contribution >= 0.6 is 11.6 Å². The van der Waals surface area contributed by atoms with Gasteiger partial charge in [0.2, 0.25) is 0 Å². The fourth-order valence-electron chi connectivity index (χ4n) is 3.38. The number of halogens is 1. The van der Waals surface area contributed by atoms with Gasteiger partial charge >= 0.3 is 11.9 Å². The summed E-state index contributed by atoms with van der Waals surface area (Å²) in [5, 5.41) is 2.45. The molecule has 0 aliphatic heterocycles. The minimum atomic E-state index is -0.399. The number of nitrogens with zero attached hydrogens (tertiary/aromatic N) is 2. The number of ether oxygens (including phenoxy) is 2. The van der Waals surface area contributed by atoms with Gasteiger partial charge in [-0.15, -0.1) is 0 Å². The molecule has 1 aliphatic carbocycles. The average molecular weight is 449 g/mol. The topological polar surface area (TPSA) is 78.4 Å². The maximum atomic E-state index is 11.4. The molecule has 4 aromatic rings. The van der Waals surface area contributed by atoms with E-state index in [0.29, 0.717) is 22.1 Å².